The second-order valence-electron chi connectivity index (χ2n) is 5.65. The Bertz CT molecular complexity index is 821. The summed E-state index contributed by atoms with van der Waals surface area (Å²) in [5.74, 6) is 0. The Hall–Kier alpha value is -1.80. The first-order valence-electron chi connectivity index (χ1n) is 7.16. The third kappa shape index (κ3) is 2.96. The molecule has 106 valence electrons. The summed E-state index contributed by atoms with van der Waals surface area (Å²) >= 11 is 1.73. The molecule has 2 heteroatoms. The van der Waals surface area contributed by atoms with Gasteiger partial charge in [-0.15, -0.1) is 0 Å². The second kappa shape index (κ2) is 5.53. The first kappa shape index (κ1) is 14.2. The normalized spacial score (nSPS) is 11.0. The number of fused-ring (bicyclic) bond motifs is 1. The topological polar surface area (TPSA) is 12.9 Å². The van der Waals surface area contributed by atoms with Gasteiger partial charge in [-0.2, -0.15) is 0 Å². The maximum atomic E-state index is 4.81. The zero-order chi connectivity index (χ0) is 15.0. The lowest BCUT2D eigenvalue weighted by molar-refractivity contribution is 1.16. The van der Waals surface area contributed by atoms with Crippen LogP contribution in [0.1, 0.15) is 22.3 Å². The van der Waals surface area contributed by atoms with E-state index in [9.17, 15) is 0 Å². The predicted octanol–water partition coefficient (Wildman–Crippen LogP) is 5.62. The molecule has 3 aromatic rings. The number of aryl methyl sites for hydroxylation is 4. The van der Waals surface area contributed by atoms with Crippen LogP contribution in [0, 0.1) is 27.7 Å². The van der Waals surface area contributed by atoms with E-state index in [4.69, 9.17) is 4.98 Å². The van der Waals surface area contributed by atoms with Crippen LogP contribution in [-0.2, 0) is 0 Å². The van der Waals surface area contributed by atoms with Crippen LogP contribution in [0.3, 0.4) is 0 Å². The number of aromatic nitrogens is 1. The molecule has 0 spiro atoms. The SMILES string of the molecule is Cc1ccc2c(C)cc(Sc3ccc(C)c(C)c3)nc2c1. The summed E-state index contributed by atoms with van der Waals surface area (Å²) in [4.78, 5) is 6.05. The van der Waals surface area contributed by atoms with Gasteiger partial charge in [-0.25, -0.2) is 4.98 Å². The maximum absolute atomic E-state index is 4.81. The predicted molar refractivity (Wildman–Crippen MR) is 91.3 cm³/mol. The smallest absolute Gasteiger partial charge is 0.102 e. The Morgan fingerprint density at radius 2 is 1.57 bits per heavy atom. The zero-order valence-electron chi connectivity index (χ0n) is 12.9. The fraction of sp³-hybridized carbons (Fsp3) is 0.211. The lowest BCUT2D eigenvalue weighted by Gasteiger charge is -2.08. The Balaban J connectivity index is 2.02. The maximum Gasteiger partial charge on any atom is 0.102 e. The highest BCUT2D eigenvalue weighted by molar-refractivity contribution is 7.99. The minimum atomic E-state index is 1.06. The summed E-state index contributed by atoms with van der Waals surface area (Å²) in [6, 6.07) is 15.2. The molecule has 1 aromatic heterocycles. The van der Waals surface area contributed by atoms with Gasteiger partial charge in [-0.05, 0) is 74.2 Å². The summed E-state index contributed by atoms with van der Waals surface area (Å²) in [6.07, 6.45) is 0. The van der Waals surface area contributed by atoms with Crippen LogP contribution in [0.15, 0.2) is 52.4 Å². The van der Waals surface area contributed by atoms with Crippen molar-refractivity contribution in [2.24, 2.45) is 0 Å². The largest absolute Gasteiger partial charge is 0.241 e. The van der Waals surface area contributed by atoms with Crippen LogP contribution in [0.4, 0.5) is 0 Å². The van der Waals surface area contributed by atoms with Gasteiger partial charge in [0.2, 0.25) is 0 Å². The zero-order valence-corrected chi connectivity index (χ0v) is 13.7. The molecule has 3 rings (SSSR count). The van der Waals surface area contributed by atoms with Crippen molar-refractivity contribution in [3.05, 3.63) is 64.7 Å². The molecule has 0 N–H and O–H groups in total. The van der Waals surface area contributed by atoms with Crippen molar-refractivity contribution in [3.8, 4) is 0 Å². The molecule has 1 nitrogen and oxygen atoms in total. The summed E-state index contributed by atoms with van der Waals surface area (Å²) < 4.78 is 0. The van der Waals surface area contributed by atoms with E-state index in [-0.39, 0.29) is 0 Å². The van der Waals surface area contributed by atoms with Crippen molar-refractivity contribution in [1.29, 1.82) is 0 Å². The Labute approximate surface area is 130 Å². The molecule has 0 aliphatic rings. The highest BCUT2D eigenvalue weighted by Crippen LogP contribution is 2.30. The monoisotopic (exact) mass is 293 g/mol. The lowest BCUT2D eigenvalue weighted by atomic mass is 10.1. The molecule has 0 saturated carbocycles. The molecule has 0 fully saturated rings. The van der Waals surface area contributed by atoms with E-state index >= 15 is 0 Å². The molecule has 1 heterocycles. The quantitative estimate of drug-likeness (QED) is 0.608. The van der Waals surface area contributed by atoms with Crippen LogP contribution in [-0.4, -0.2) is 4.98 Å². The van der Waals surface area contributed by atoms with Crippen molar-refractivity contribution < 1.29 is 0 Å². The van der Waals surface area contributed by atoms with Crippen LogP contribution in [0.5, 0.6) is 0 Å². The van der Waals surface area contributed by atoms with Crippen LogP contribution >= 0.6 is 11.8 Å². The van der Waals surface area contributed by atoms with Gasteiger partial charge in [0.05, 0.1) is 5.52 Å². The first-order valence-corrected chi connectivity index (χ1v) is 7.98. The van der Waals surface area contributed by atoms with Gasteiger partial charge in [-0.1, -0.05) is 30.0 Å². The number of pyridine rings is 1. The lowest BCUT2D eigenvalue weighted by Crippen LogP contribution is -1.88. The molecule has 0 atom stereocenters. The third-order valence-corrected chi connectivity index (χ3v) is 4.76. The van der Waals surface area contributed by atoms with Gasteiger partial charge in [0.1, 0.15) is 5.03 Å². The average molecular weight is 293 g/mol. The van der Waals surface area contributed by atoms with Crippen LogP contribution in [0.25, 0.3) is 10.9 Å². The van der Waals surface area contributed by atoms with Crippen molar-refractivity contribution in [2.45, 2.75) is 37.6 Å². The molecule has 0 radical (unpaired) electrons. The molecule has 0 saturated heterocycles. The van der Waals surface area contributed by atoms with Gasteiger partial charge in [0, 0.05) is 10.3 Å². The Morgan fingerprint density at radius 1 is 0.762 bits per heavy atom. The van der Waals surface area contributed by atoms with Crippen molar-refractivity contribution >= 4 is 22.7 Å². The molecule has 2 aromatic carbocycles. The number of hydrogen-bond donors (Lipinski definition) is 0. The third-order valence-electron chi connectivity index (χ3n) is 3.85. The van der Waals surface area contributed by atoms with Gasteiger partial charge in [0.15, 0.2) is 0 Å². The van der Waals surface area contributed by atoms with Crippen molar-refractivity contribution in [3.63, 3.8) is 0 Å². The van der Waals surface area contributed by atoms with Gasteiger partial charge in [-0.3, -0.25) is 0 Å². The van der Waals surface area contributed by atoms with Gasteiger partial charge in [0.25, 0.3) is 0 Å². The van der Waals surface area contributed by atoms with Crippen molar-refractivity contribution in [1.82, 2.24) is 4.98 Å². The number of nitrogens with zero attached hydrogens (tertiary/aromatic N) is 1. The van der Waals surface area contributed by atoms with E-state index in [1.54, 1.807) is 11.8 Å². The van der Waals surface area contributed by atoms with E-state index < -0.39 is 0 Å². The molecule has 0 aliphatic carbocycles. The molecular weight excluding hydrogens is 274 g/mol. The van der Waals surface area contributed by atoms with Crippen LogP contribution in [0.2, 0.25) is 0 Å². The van der Waals surface area contributed by atoms with Gasteiger partial charge >= 0.3 is 0 Å². The Morgan fingerprint density at radius 3 is 2.33 bits per heavy atom. The average Bonchev–Trinajstić information content (AvgIpc) is 2.42. The summed E-state index contributed by atoms with van der Waals surface area (Å²) in [5, 5.41) is 2.30. The highest BCUT2D eigenvalue weighted by atomic mass is 32.2. The highest BCUT2D eigenvalue weighted by Gasteiger charge is 2.05. The molecule has 0 aliphatic heterocycles. The van der Waals surface area contributed by atoms with Crippen molar-refractivity contribution in [2.75, 3.05) is 0 Å². The minimum absolute atomic E-state index is 1.06. The van der Waals surface area contributed by atoms with Gasteiger partial charge < -0.3 is 0 Å². The van der Waals surface area contributed by atoms with E-state index in [0.717, 1.165) is 10.5 Å². The fourth-order valence-electron chi connectivity index (χ4n) is 2.43. The van der Waals surface area contributed by atoms with E-state index in [1.807, 2.05) is 0 Å². The van der Waals surface area contributed by atoms with Crippen LogP contribution < -0.4 is 0 Å². The Kier molecular flexibility index (Phi) is 3.73. The fourth-order valence-corrected chi connectivity index (χ4v) is 3.42. The molecule has 21 heavy (non-hydrogen) atoms. The summed E-state index contributed by atoms with van der Waals surface area (Å²) in [7, 11) is 0. The molecular formula is C19H19NS. The standard InChI is InChI=1S/C19H19NS/c1-12-5-8-17-15(4)11-19(20-18(17)9-12)21-16-7-6-13(2)14(3)10-16/h5-11H,1-4H3. The molecule has 0 unspecified atom stereocenters. The number of benzene rings is 2. The first-order chi connectivity index (χ1) is 10.0. The number of hydrogen-bond acceptors (Lipinski definition) is 2. The van der Waals surface area contributed by atoms with E-state index in [0.29, 0.717) is 0 Å². The molecule has 0 bridgehead atoms. The summed E-state index contributed by atoms with van der Waals surface area (Å²) in [6.45, 7) is 8.57. The number of rotatable bonds is 2. The summed E-state index contributed by atoms with van der Waals surface area (Å²) in [5.41, 5.74) is 6.28. The molecule has 0 amide bonds. The minimum Gasteiger partial charge on any atom is -0.241 e. The van der Waals surface area contributed by atoms with E-state index in [1.165, 1.54) is 32.5 Å². The second-order valence-corrected chi connectivity index (χ2v) is 6.74. The van der Waals surface area contributed by atoms with E-state index in [2.05, 4.69) is 70.2 Å².